The second-order valence-electron chi connectivity index (χ2n) is 4.52. The lowest BCUT2D eigenvalue weighted by Crippen LogP contribution is -2.32. The molecule has 5 heteroatoms. The zero-order valence-electron chi connectivity index (χ0n) is 11.0. The highest BCUT2D eigenvalue weighted by Gasteiger charge is 2.26. The Balaban J connectivity index is 1.92. The Morgan fingerprint density at radius 1 is 1.63 bits per heavy atom. The second-order valence-corrected chi connectivity index (χ2v) is 6.74. The van der Waals surface area contributed by atoms with Gasteiger partial charge in [0.15, 0.2) is 0 Å². The van der Waals surface area contributed by atoms with Crippen LogP contribution < -0.4 is 5.73 Å². The summed E-state index contributed by atoms with van der Waals surface area (Å²) >= 11 is 3.38. The Bertz CT molecular complexity index is 495. The minimum atomic E-state index is 0.167. The molecule has 2 heterocycles. The van der Waals surface area contributed by atoms with E-state index in [1.165, 1.54) is 0 Å². The number of thiophene rings is 1. The van der Waals surface area contributed by atoms with Crippen LogP contribution in [0.15, 0.2) is 11.4 Å². The van der Waals surface area contributed by atoms with Crippen LogP contribution >= 0.6 is 23.1 Å². The van der Waals surface area contributed by atoms with Crippen LogP contribution in [0.2, 0.25) is 0 Å². The number of rotatable bonds is 3. The van der Waals surface area contributed by atoms with Gasteiger partial charge in [-0.3, -0.25) is 4.79 Å². The first-order chi connectivity index (χ1) is 9.20. The first kappa shape index (κ1) is 14.4. The molecule has 1 amide bonds. The van der Waals surface area contributed by atoms with Crippen molar-refractivity contribution in [1.29, 1.82) is 0 Å². The Kier molecular flexibility index (Phi) is 5.32. The molecule has 2 N–H and O–H groups in total. The van der Waals surface area contributed by atoms with Crippen molar-refractivity contribution in [2.45, 2.75) is 24.6 Å². The van der Waals surface area contributed by atoms with Gasteiger partial charge in [0.2, 0.25) is 5.91 Å². The maximum Gasteiger partial charge on any atom is 0.235 e. The molecule has 2 rings (SSSR count). The van der Waals surface area contributed by atoms with Crippen LogP contribution in [0.3, 0.4) is 0 Å². The van der Waals surface area contributed by atoms with Gasteiger partial charge < -0.3 is 10.6 Å². The molecule has 3 nitrogen and oxygen atoms in total. The normalized spacial score (nSPS) is 17.9. The molecule has 1 aromatic rings. The molecule has 1 fully saturated rings. The molecule has 1 unspecified atom stereocenters. The van der Waals surface area contributed by atoms with Crippen LogP contribution in [-0.2, 0) is 11.3 Å². The van der Waals surface area contributed by atoms with Crippen LogP contribution in [0.1, 0.15) is 23.3 Å². The van der Waals surface area contributed by atoms with E-state index in [9.17, 15) is 4.79 Å². The van der Waals surface area contributed by atoms with Crippen LogP contribution in [-0.4, -0.2) is 35.4 Å². The van der Waals surface area contributed by atoms with E-state index in [4.69, 9.17) is 5.73 Å². The SMILES string of the molecule is CN(Cc1csc(C#CCN)c1)C(=O)C1CCCS1. The second kappa shape index (κ2) is 6.99. The zero-order valence-corrected chi connectivity index (χ0v) is 12.6. The number of carbonyl (C=O) groups is 1. The minimum absolute atomic E-state index is 0.167. The standard InChI is InChI=1S/C14H18N2OS2/c1-16(14(17)13-5-3-7-18-13)9-11-8-12(19-10-11)4-2-6-15/h8,10,13H,3,5-7,9,15H2,1H3. The average Bonchev–Trinajstić information content (AvgIpc) is 3.06. The number of carbonyl (C=O) groups excluding carboxylic acids is 1. The molecule has 1 aliphatic rings. The third-order valence-corrected chi connectivity index (χ3v) is 5.23. The van der Waals surface area contributed by atoms with Gasteiger partial charge in [0.25, 0.3) is 0 Å². The molecular formula is C14H18N2OS2. The number of hydrogen-bond acceptors (Lipinski definition) is 4. The molecule has 0 saturated carbocycles. The monoisotopic (exact) mass is 294 g/mol. The Labute approximate surface area is 122 Å². The molecule has 0 aromatic carbocycles. The molecule has 0 radical (unpaired) electrons. The summed E-state index contributed by atoms with van der Waals surface area (Å²) < 4.78 is 0. The first-order valence-corrected chi connectivity index (χ1v) is 8.26. The minimum Gasteiger partial charge on any atom is -0.340 e. The maximum absolute atomic E-state index is 12.2. The summed E-state index contributed by atoms with van der Waals surface area (Å²) in [7, 11) is 1.88. The molecule has 1 aromatic heterocycles. The van der Waals surface area contributed by atoms with E-state index in [0.29, 0.717) is 13.1 Å². The molecule has 1 saturated heterocycles. The number of nitrogens with two attached hydrogens (primary N) is 1. The zero-order chi connectivity index (χ0) is 13.7. The van der Waals surface area contributed by atoms with Gasteiger partial charge in [0, 0.05) is 13.6 Å². The van der Waals surface area contributed by atoms with E-state index in [2.05, 4.69) is 17.2 Å². The summed E-state index contributed by atoms with van der Waals surface area (Å²) in [4.78, 5) is 15.0. The molecule has 102 valence electrons. The highest BCUT2D eigenvalue weighted by molar-refractivity contribution is 8.00. The summed E-state index contributed by atoms with van der Waals surface area (Å²) in [5.74, 6) is 7.23. The van der Waals surface area contributed by atoms with Crippen molar-refractivity contribution in [3.63, 3.8) is 0 Å². The fourth-order valence-corrected chi connectivity index (χ4v) is 4.08. The lowest BCUT2D eigenvalue weighted by molar-refractivity contribution is -0.129. The molecule has 1 aliphatic heterocycles. The summed E-state index contributed by atoms with van der Waals surface area (Å²) in [6.45, 7) is 1.04. The van der Waals surface area contributed by atoms with E-state index in [1.54, 1.807) is 23.1 Å². The van der Waals surface area contributed by atoms with Gasteiger partial charge in [0.1, 0.15) is 0 Å². The van der Waals surface area contributed by atoms with E-state index >= 15 is 0 Å². The van der Waals surface area contributed by atoms with Gasteiger partial charge in [-0.05, 0) is 35.6 Å². The third-order valence-electron chi connectivity index (χ3n) is 2.97. The Morgan fingerprint density at radius 3 is 3.16 bits per heavy atom. The topological polar surface area (TPSA) is 46.3 Å². The number of thioether (sulfide) groups is 1. The molecule has 0 spiro atoms. The average molecular weight is 294 g/mol. The van der Waals surface area contributed by atoms with Gasteiger partial charge in [-0.1, -0.05) is 11.8 Å². The van der Waals surface area contributed by atoms with Crippen molar-refractivity contribution in [3.05, 3.63) is 21.9 Å². The fourth-order valence-electron chi connectivity index (χ4n) is 2.03. The van der Waals surface area contributed by atoms with Crippen molar-refractivity contribution < 1.29 is 4.79 Å². The number of amides is 1. The molecule has 0 aliphatic carbocycles. The van der Waals surface area contributed by atoms with Gasteiger partial charge >= 0.3 is 0 Å². The van der Waals surface area contributed by atoms with Crippen LogP contribution in [0.5, 0.6) is 0 Å². The first-order valence-electron chi connectivity index (χ1n) is 6.33. The quantitative estimate of drug-likeness (QED) is 0.866. The van der Waals surface area contributed by atoms with Gasteiger partial charge in [-0.15, -0.1) is 23.1 Å². The van der Waals surface area contributed by atoms with Crippen LogP contribution in [0.4, 0.5) is 0 Å². The predicted molar refractivity (Wildman–Crippen MR) is 82.2 cm³/mol. The smallest absolute Gasteiger partial charge is 0.235 e. The highest BCUT2D eigenvalue weighted by Crippen LogP contribution is 2.28. The molecule has 0 bridgehead atoms. The van der Waals surface area contributed by atoms with Crippen molar-refractivity contribution in [2.75, 3.05) is 19.3 Å². The molecule has 1 atom stereocenters. The van der Waals surface area contributed by atoms with E-state index in [-0.39, 0.29) is 11.2 Å². The van der Waals surface area contributed by atoms with Crippen LogP contribution in [0, 0.1) is 11.8 Å². The lowest BCUT2D eigenvalue weighted by Gasteiger charge is -2.19. The van der Waals surface area contributed by atoms with Crippen molar-refractivity contribution in [1.82, 2.24) is 4.90 Å². The summed E-state index contributed by atoms with van der Waals surface area (Å²) in [6.07, 6.45) is 2.18. The van der Waals surface area contributed by atoms with Crippen molar-refractivity contribution in [3.8, 4) is 11.8 Å². The summed E-state index contributed by atoms with van der Waals surface area (Å²) in [6, 6.07) is 2.04. The Morgan fingerprint density at radius 2 is 2.47 bits per heavy atom. The third kappa shape index (κ3) is 4.00. The number of nitrogens with zero attached hydrogens (tertiary/aromatic N) is 1. The van der Waals surface area contributed by atoms with E-state index in [1.807, 2.05) is 18.0 Å². The lowest BCUT2D eigenvalue weighted by atomic mass is 10.2. The highest BCUT2D eigenvalue weighted by atomic mass is 32.2. The van der Waals surface area contributed by atoms with Gasteiger partial charge in [-0.2, -0.15) is 0 Å². The van der Waals surface area contributed by atoms with Gasteiger partial charge in [0.05, 0.1) is 16.7 Å². The van der Waals surface area contributed by atoms with E-state index < -0.39 is 0 Å². The summed E-state index contributed by atoms with van der Waals surface area (Å²) in [5, 5.41) is 2.23. The molecular weight excluding hydrogens is 276 g/mol. The molecule has 19 heavy (non-hydrogen) atoms. The summed E-state index contributed by atoms with van der Waals surface area (Å²) in [5.41, 5.74) is 6.49. The fraction of sp³-hybridized carbons (Fsp3) is 0.500. The van der Waals surface area contributed by atoms with Crippen molar-refractivity contribution in [2.24, 2.45) is 5.73 Å². The Hall–Kier alpha value is -0.960. The maximum atomic E-state index is 12.2. The number of hydrogen-bond donors (Lipinski definition) is 1. The van der Waals surface area contributed by atoms with Gasteiger partial charge in [-0.25, -0.2) is 0 Å². The largest absolute Gasteiger partial charge is 0.340 e. The predicted octanol–water partition coefficient (Wildman–Crippen LogP) is 1.91. The van der Waals surface area contributed by atoms with Crippen LogP contribution in [0.25, 0.3) is 0 Å². The van der Waals surface area contributed by atoms with E-state index in [0.717, 1.165) is 29.0 Å². The van der Waals surface area contributed by atoms with Crippen molar-refractivity contribution >= 4 is 29.0 Å².